The first-order valence-electron chi connectivity index (χ1n) is 14.2. The standard InChI is InChI=1S/C38H28N2O2/c1-24(22-31(39)25-12-3-2-4-13-25)26-14-11-15-27(23-26)40-32-19-8-7-18-30(32)35-28-16-5-6-17-29(28)37-38(36(35)40)42-34-21-10-9-20-33(34)41-37/h2-24H,39H2,1H3/b31-22-. The maximum Gasteiger partial charge on any atom is 0.195 e. The van der Waals surface area contributed by atoms with Gasteiger partial charge in [-0.3, -0.25) is 0 Å². The van der Waals surface area contributed by atoms with Gasteiger partial charge in [-0.2, -0.15) is 0 Å². The number of allylic oxidation sites excluding steroid dienone is 1. The van der Waals surface area contributed by atoms with E-state index in [0.717, 1.165) is 61.4 Å². The van der Waals surface area contributed by atoms with Gasteiger partial charge in [0.25, 0.3) is 0 Å². The molecule has 2 heterocycles. The summed E-state index contributed by atoms with van der Waals surface area (Å²) in [5.74, 6) is 3.01. The monoisotopic (exact) mass is 544 g/mol. The molecule has 4 nitrogen and oxygen atoms in total. The average molecular weight is 545 g/mol. The normalized spacial score (nSPS) is 13.4. The first-order chi connectivity index (χ1) is 20.7. The zero-order chi connectivity index (χ0) is 28.2. The molecule has 1 aliphatic heterocycles. The van der Waals surface area contributed by atoms with Crippen molar-refractivity contribution in [2.45, 2.75) is 12.8 Å². The van der Waals surface area contributed by atoms with E-state index in [4.69, 9.17) is 15.2 Å². The average Bonchev–Trinajstić information content (AvgIpc) is 3.40. The third-order valence-electron chi connectivity index (χ3n) is 8.20. The highest BCUT2D eigenvalue weighted by Gasteiger charge is 2.29. The molecule has 0 spiro atoms. The molecule has 2 N–H and O–H groups in total. The summed E-state index contributed by atoms with van der Waals surface area (Å²) in [6.45, 7) is 2.18. The summed E-state index contributed by atoms with van der Waals surface area (Å²) in [6, 6.07) is 43.7. The second-order valence-corrected chi connectivity index (χ2v) is 10.8. The Hall–Kier alpha value is -5.48. The third kappa shape index (κ3) is 3.76. The van der Waals surface area contributed by atoms with Gasteiger partial charge in [-0.15, -0.1) is 0 Å². The lowest BCUT2D eigenvalue weighted by molar-refractivity contribution is 0.366. The quantitative estimate of drug-likeness (QED) is 0.240. The molecule has 0 aliphatic carbocycles. The maximum atomic E-state index is 6.70. The summed E-state index contributed by atoms with van der Waals surface area (Å²) in [7, 11) is 0. The van der Waals surface area contributed by atoms with Gasteiger partial charge < -0.3 is 19.8 Å². The number of para-hydroxylation sites is 3. The molecule has 1 atom stereocenters. The van der Waals surface area contributed by atoms with Crippen LogP contribution in [0, 0.1) is 0 Å². The van der Waals surface area contributed by atoms with E-state index in [-0.39, 0.29) is 5.92 Å². The molecule has 7 aromatic rings. The molecule has 42 heavy (non-hydrogen) atoms. The molecule has 8 rings (SSSR count). The Bertz CT molecular complexity index is 2180. The van der Waals surface area contributed by atoms with Gasteiger partial charge in [0, 0.05) is 33.5 Å². The molecule has 0 amide bonds. The van der Waals surface area contributed by atoms with E-state index in [1.54, 1.807) is 0 Å². The molecule has 0 saturated carbocycles. The highest BCUT2D eigenvalue weighted by atomic mass is 16.6. The van der Waals surface area contributed by atoms with Gasteiger partial charge in [0.05, 0.1) is 5.52 Å². The fraction of sp³-hybridized carbons (Fsp3) is 0.0526. The lowest BCUT2D eigenvalue weighted by atomic mass is 9.98. The molecule has 0 radical (unpaired) electrons. The fourth-order valence-corrected chi connectivity index (χ4v) is 6.20. The second-order valence-electron chi connectivity index (χ2n) is 10.8. The highest BCUT2D eigenvalue weighted by Crippen LogP contribution is 2.54. The summed E-state index contributed by atoms with van der Waals surface area (Å²) in [6.07, 6.45) is 2.13. The molecular formula is C38H28N2O2. The molecule has 0 saturated heterocycles. The molecule has 0 fully saturated rings. The second kappa shape index (κ2) is 9.57. The topological polar surface area (TPSA) is 49.4 Å². The van der Waals surface area contributed by atoms with E-state index in [1.165, 1.54) is 10.9 Å². The molecule has 4 heteroatoms. The van der Waals surface area contributed by atoms with Gasteiger partial charge in [-0.05, 0) is 46.8 Å². The smallest absolute Gasteiger partial charge is 0.195 e. The first-order valence-corrected chi connectivity index (χ1v) is 14.2. The minimum absolute atomic E-state index is 0.111. The van der Waals surface area contributed by atoms with Crippen molar-refractivity contribution in [2.75, 3.05) is 0 Å². The Morgan fingerprint density at radius 2 is 1.31 bits per heavy atom. The Kier molecular flexibility index (Phi) is 5.54. The van der Waals surface area contributed by atoms with Crippen molar-refractivity contribution in [3.63, 3.8) is 0 Å². The summed E-state index contributed by atoms with van der Waals surface area (Å²) in [4.78, 5) is 0. The van der Waals surface area contributed by atoms with Crippen LogP contribution in [0.25, 0.3) is 44.0 Å². The van der Waals surface area contributed by atoms with E-state index in [0.29, 0.717) is 5.75 Å². The summed E-state index contributed by atoms with van der Waals surface area (Å²) < 4.78 is 15.6. The van der Waals surface area contributed by atoms with Crippen molar-refractivity contribution in [2.24, 2.45) is 5.73 Å². The molecule has 1 aliphatic rings. The molecule has 6 aromatic carbocycles. The van der Waals surface area contributed by atoms with Crippen LogP contribution in [-0.4, -0.2) is 4.57 Å². The number of aromatic nitrogens is 1. The SMILES string of the molecule is CC(/C=C(\N)c1ccccc1)c1cccc(-n2c3ccccc3c3c4ccccc4c4c(c32)Oc2ccccc2O4)c1. The molecule has 1 unspecified atom stereocenters. The predicted octanol–water partition coefficient (Wildman–Crippen LogP) is 9.94. The van der Waals surface area contributed by atoms with Crippen LogP contribution in [0.3, 0.4) is 0 Å². The van der Waals surface area contributed by atoms with Crippen molar-refractivity contribution >= 4 is 38.3 Å². The van der Waals surface area contributed by atoms with Crippen molar-refractivity contribution in [3.8, 4) is 28.7 Å². The first kappa shape index (κ1) is 24.3. The largest absolute Gasteiger partial charge is 0.449 e. The number of nitrogens with zero attached hydrogens (tertiary/aromatic N) is 1. The summed E-state index contributed by atoms with van der Waals surface area (Å²) >= 11 is 0. The van der Waals surface area contributed by atoms with E-state index in [1.807, 2.05) is 54.6 Å². The number of rotatable bonds is 4. The van der Waals surface area contributed by atoms with E-state index in [2.05, 4.69) is 90.4 Å². The van der Waals surface area contributed by atoms with Crippen molar-refractivity contribution < 1.29 is 9.47 Å². The highest BCUT2D eigenvalue weighted by molar-refractivity contribution is 6.25. The van der Waals surface area contributed by atoms with E-state index in [9.17, 15) is 0 Å². The Morgan fingerprint density at radius 3 is 2.10 bits per heavy atom. The number of benzene rings is 6. The number of ether oxygens (including phenoxy) is 2. The minimum Gasteiger partial charge on any atom is -0.449 e. The van der Waals surface area contributed by atoms with Gasteiger partial charge in [-0.25, -0.2) is 0 Å². The van der Waals surface area contributed by atoms with Crippen LogP contribution in [0.4, 0.5) is 0 Å². The van der Waals surface area contributed by atoms with Gasteiger partial charge in [0.15, 0.2) is 23.0 Å². The number of hydrogen-bond donors (Lipinski definition) is 1. The lowest BCUT2D eigenvalue weighted by Gasteiger charge is -2.24. The van der Waals surface area contributed by atoms with E-state index < -0.39 is 0 Å². The number of nitrogens with two attached hydrogens (primary N) is 1. The minimum atomic E-state index is 0.111. The molecule has 1 aromatic heterocycles. The van der Waals surface area contributed by atoms with Gasteiger partial charge >= 0.3 is 0 Å². The van der Waals surface area contributed by atoms with Crippen LogP contribution in [0.2, 0.25) is 0 Å². The Labute approximate surface area is 243 Å². The third-order valence-corrected chi connectivity index (χ3v) is 8.20. The Morgan fingerprint density at radius 1 is 0.667 bits per heavy atom. The lowest BCUT2D eigenvalue weighted by Crippen LogP contribution is -2.04. The van der Waals surface area contributed by atoms with Crippen LogP contribution in [0.1, 0.15) is 24.0 Å². The van der Waals surface area contributed by atoms with Crippen molar-refractivity contribution in [1.29, 1.82) is 0 Å². The number of hydrogen-bond acceptors (Lipinski definition) is 3. The van der Waals surface area contributed by atoms with Gasteiger partial charge in [0.2, 0.25) is 0 Å². The van der Waals surface area contributed by atoms with Crippen molar-refractivity contribution in [3.05, 3.63) is 145 Å². The van der Waals surface area contributed by atoms with Crippen LogP contribution < -0.4 is 15.2 Å². The fourth-order valence-electron chi connectivity index (χ4n) is 6.20. The zero-order valence-corrected chi connectivity index (χ0v) is 23.1. The van der Waals surface area contributed by atoms with Crippen molar-refractivity contribution in [1.82, 2.24) is 4.57 Å². The molecule has 0 bridgehead atoms. The van der Waals surface area contributed by atoms with Crippen LogP contribution in [-0.2, 0) is 0 Å². The maximum absolute atomic E-state index is 6.70. The van der Waals surface area contributed by atoms with Crippen LogP contribution in [0.5, 0.6) is 23.0 Å². The van der Waals surface area contributed by atoms with Crippen LogP contribution >= 0.6 is 0 Å². The zero-order valence-electron chi connectivity index (χ0n) is 23.1. The molecule has 202 valence electrons. The predicted molar refractivity (Wildman–Crippen MR) is 172 cm³/mol. The number of fused-ring (bicyclic) bond motifs is 9. The van der Waals surface area contributed by atoms with Gasteiger partial charge in [0.1, 0.15) is 5.52 Å². The molecular weight excluding hydrogens is 516 g/mol. The summed E-state index contributed by atoms with van der Waals surface area (Å²) in [5.41, 5.74) is 12.6. The summed E-state index contributed by atoms with van der Waals surface area (Å²) in [5, 5.41) is 4.48. The Balaban J connectivity index is 1.38. The van der Waals surface area contributed by atoms with Gasteiger partial charge in [-0.1, -0.05) is 110 Å². The van der Waals surface area contributed by atoms with Crippen LogP contribution in [0.15, 0.2) is 133 Å². The van der Waals surface area contributed by atoms with E-state index >= 15 is 0 Å².